The third-order valence-electron chi connectivity index (χ3n) is 3.71. The molecule has 3 heteroatoms. The van der Waals surface area contributed by atoms with Gasteiger partial charge in [0.15, 0.2) is 0 Å². The number of hydrogen-bond acceptors (Lipinski definition) is 2. The summed E-state index contributed by atoms with van der Waals surface area (Å²) in [6.07, 6.45) is 0. The summed E-state index contributed by atoms with van der Waals surface area (Å²) in [4.78, 5) is 0. The molecule has 0 saturated carbocycles. The van der Waals surface area contributed by atoms with Gasteiger partial charge in [0.25, 0.3) is 0 Å². The zero-order chi connectivity index (χ0) is 13.9. The van der Waals surface area contributed by atoms with Crippen molar-refractivity contribution >= 4 is 10.9 Å². The summed E-state index contributed by atoms with van der Waals surface area (Å²) in [5, 5.41) is 9.38. The number of hydrogen-bond donors (Lipinski definition) is 1. The minimum atomic E-state index is 0.317. The fraction of sp³-hybridized carbons (Fsp3) is 0.235. The number of nitrogens with one attached hydrogen (secondary N) is 1. The predicted molar refractivity (Wildman–Crippen MR) is 82.4 cm³/mol. The molecule has 1 heterocycles. The molecule has 102 valence electrons. The van der Waals surface area contributed by atoms with Crippen LogP contribution in [0.4, 0.5) is 0 Å². The van der Waals surface area contributed by atoms with Crippen LogP contribution in [0.1, 0.15) is 24.2 Å². The quantitative estimate of drug-likeness (QED) is 0.783. The van der Waals surface area contributed by atoms with Crippen LogP contribution in [0.15, 0.2) is 54.6 Å². The molecule has 3 aromatic rings. The van der Waals surface area contributed by atoms with Crippen LogP contribution in [0.3, 0.4) is 0 Å². The van der Waals surface area contributed by atoms with E-state index in [-0.39, 0.29) is 0 Å². The smallest absolute Gasteiger partial charge is 0.0841 e. The van der Waals surface area contributed by atoms with Crippen LogP contribution in [0.2, 0.25) is 0 Å². The first-order chi connectivity index (χ1) is 9.75. The number of fused-ring (bicyclic) bond motifs is 1. The van der Waals surface area contributed by atoms with E-state index < -0.39 is 0 Å². The lowest BCUT2D eigenvalue weighted by Crippen LogP contribution is -2.18. The fourth-order valence-electron chi connectivity index (χ4n) is 2.53. The SMILES string of the molecule is C[C@@H](NCc1nn(C)c2ccccc12)c1ccccc1. The lowest BCUT2D eigenvalue weighted by atomic mass is 10.1. The minimum Gasteiger partial charge on any atom is -0.304 e. The van der Waals surface area contributed by atoms with Crippen molar-refractivity contribution in [3.8, 4) is 0 Å². The molecule has 1 atom stereocenters. The third kappa shape index (κ3) is 2.45. The Morgan fingerprint density at radius 2 is 1.75 bits per heavy atom. The van der Waals surface area contributed by atoms with E-state index in [4.69, 9.17) is 0 Å². The molecule has 0 aliphatic rings. The second kappa shape index (κ2) is 5.47. The van der Waals surface area contributed by atoms with Gasteiger partial charge >= 0.3 is 0 Å². The predicted octanol–water partition coefficient (Wildman–Crippen LogP) is 3.42. The molecule has 1 N–H and O–H groups in total. The van der Waals surface area contributed by atoms with E-state index in [9.17, 15) is 0 Å². The molecule has 0 fully saturated rings. The van der Waals surface area contributed by atoms with E-state index >= 15 is 0 Å². The molecule has 3 rings (SSSR count). The van der Waals surface area contributed by atoms with E-state index in [2.05, 4.69) is 59.8 Å². The van der Waals surface area contributed by atoms with Crippen molar-refractivity contribution in [2.75, 3.05) is 0 Å². The van der Waals surface area contributed by atoms with Crippen molar-refractivity contribution in [1.29, 1.82) is 0 Å². The maximum atomic E-state index is 4.61. The van der Waals surface area contributed by atoms with Gasteiger partial charge in [-0.15, -0.1) is 0 Å². The highest BCUT2D eigenvalue weighted by molar-refractivity contribution is 5.81. The van der Waals surface area contributed by atoms with Gasteiger partial charge in [-0.2, -0.15) is 5.10 Å². The van der Waals surface area contributed by atoms with Gasteiger partial charge in [0.05, 0.1) is 11.2 Å². The van der Waals surface area contributed by atoms with Crippen molar-refractivity contribution in [2.45, 2.75) is 19.5 Å². The molecular formula is C17H19N3. The molecule has 0 radical (unpaired) electrons. The highest BCUT2D eigenvalue weighted by Gasteiger charge is 2.09. The van der Waals surface area contributed by atoms with Gasteiger partial charge in [0, 0.05) is 25.0 Å². The van der Waals surface area contributed by atoms with Crippen molar-refractivity contribution in [1.82, 2.24) is 15.1 Å². The first-order valence-corrected chi connectivity index (χ1v) is 6.94. The number of rotatable bonds is 4. The van der Waals surface area contributed by atoms with Crippen LogP contribution in [-0.4, -0.2) is 9.78 Å². The normalized spacial score (nSPS) is 12.7. The molecule has 0 saturated heterocycles. The summed E-state index contributed by atoms with van der Waals surface area (Å²) in [5.74, 6) is 0. The second-order valence-corrected chi connectivity index (χ2v) is 5.10. The van der Waals surface area contributed by atoms with E-state index in [0.29, 0.717) is 6.04 Å². The van der Waals surface area contributed by atoms with Crippen LogP contribution >= 0.6 is 0 Å². The molecule has 0 spiro atoms. The third-order valence-corrected chi connectivity index (χ3v) is 3.71. The van der Waals surface area contributed by atoms with E-state index in [1.807, 2.05) is 23.9 Å². The van der Waals surface area contributed by atoms with Crippen LogP contribution in [0, 0.1) is 0 Å². The number of nitrogens with zero attached hydrogens (tertiary/aromatic N) is 2. The summed E-state index contributed by atoms with van der Waals surface area (Å²) in [5.41, 5.74) is 3.58. The molecule has 3 nitrogen and oxygen atoms in total. The molecule has 0 amide bonds. The molecule has 1 aromatic heterocycles. The molecule has 0 aliphatic heterocycles. The first-order valence-electron chi connectivity index (χ1n) is 6.94. The van der Waals surface area contributed by atoms with Gasteiger partial charge in [-0.05, 0) is 18.6 Å². The highest BCUT2D eigenvalue weighted by atomic mass is 15.3. The van der Waals surface area contributed by atoms with Gasteiger partial charge in [-0.3, -0.25) is 4.68 Å². The van der Waals surface area contributed by atoms with Crippen LogP contribution in [-0.2, 0) is 13.6 Å². The van der Waals surface area contributed by atoms with Gasteiger partial charge < -0.3 is 5.32 Å². The Labute approximate surface area is 119 Å². The molecule has 0 aliphatic carbocycles. The average molecular weight is 265 g/mol. The van der Waals surface area contributed by atoms with Crippen molar-refractivity contribution in [3.63, 3.8) is 0 Å². The topological polar surface area (TPSA) is 29.9 Å². The number of aromatic nitrogens is 2. The largest absolute Gasteiger partial charge is 0.304 e. The summed E-state index contributed by atoms with van der Waals surface area (Å²) in [6, 6.07) is 19.1. The number of aryl methyl sites for hydroxylation is 1. The van der Waals surface area contributed by atoms with Crippen LogP contribution in [0.5, 0.6) is 0 Å². The molecule has 0 bridgehead atoms. The summed E-state index contributed by atoms with van der Waals surface area (Å²) >= 11 is 0. The average Bonchev–Trinajstić information content (AvgIpc) is 2.83. The molecule has 0 unspecified atom stereocenters. The summed E-state index contributed by atoms with van der Waals surface area (Å²) < 4.78 is 1.94. The van der Waals surface area contributed by atoms with Crippen molar-refractivity contribution < 1.29 is 0 Å². The van der Waals surface area contributed by atoms with Gasteiger partial charge in [0.2, 0.25) is 0 Å². The number of para-hydroxylation sites is 1. The summed E-state index contributed by atoms with van der Waals surface area (Å²) in [7, 11) is 1.99. The Morgan fingerprint density at radius 3 is 2.55 bits per heavy atom. The van der Waals surface area contributed by atoms with Crippen molar-refractivity contribution in [3.05, 3.63) is 65.9 Å². The zero-order valence-electron chi connectivity index (χ0n) is 11.9. The Bertz CT molecular complexity index is 701. The zero-order valence-corrected chi connectivity index (χ0v) is 11.9. The van der Waals surface area contributed by atoms with E-state index in [0.717, 1.165) is 12.2 Å². The summed E-state index contributed by atoms with van der Waals surface area (Å²) in [6.45, 7) is 2.96. The van der Waals surface area contributed by atoms with Crippen LogP contribution in [0.25, 0.3) is 10.9 Å². The molecular weight excluding hydrogens is 246 g/mol. The Balaban J connectivity index is 1.77. The number of benzene rings is 2. The van der Waals surface area contributed by atoms with Gasteiger partial charge in [-0.1, -0.05) is 48.5 Å². The second-order valence-electron chi connectivity index (χ2n) is 5.10. The van der Waals surface area contributed by atoms with E-state index in [1.165, 1.54) is 16.5 Å². The molecule has 2 aromatic carbocycles. The Kier molecular flexibility index (Phi) is 3.52. The van der Waals surface area contributed by atoms with Gasteiger partial charge in [0.1, 0.15) is 0 Å². The van der Waals surface area contributed by atoms with Gasteiger partial charge in [-0.25, -0.2) is 0 Å². The lowest BCUT2D eigenvalue weighted by molar-refractivity contribution is 0.564. The minimum absolute atomic E-state index is 0.317. The van der Waals surface area contributed by atoms with Crippen molar-refractivity contribution in [2.24, 2.45) is 7.05 Å². The highest BCUT2D eigenvalue weighted by Crippen LogP contribution is 2.18. The fourth-order valence-corrected chi connectivity index (χ4v) is 2.53. The first kappa shape index (κ1) is 12.9. The standard InChI is InChI=1S/C17H19N3/c1-13(14-8-4-3-5-9-14)18-12-16-15-10-6-7-11-17(15)20(2)19-16/h3-11,13,18H,12H2,1-2H3/t13-/m1/s1. The Hall–Kier alpha value is -2.13. The van der Waals surface area contributed by atoms with E-state index in [1.54, 1.807) is 0 Å². The molecule has 20 heavy (non-hydrogen) atoms. The maximum Gasteiger partial charge on any atom is 0.0841 e. The Morgan fingerprint density at radius 1 is 1.05 bits per heavy atom. The monoisotopic (exact) mass is 265 g/mol. The van der Waals surface area contributed by atoms with Crippen LogP contribution < -0.4 is 5.32 Å². The lowest BCUT2D eigenvalue weighted by Gasteiger charge is -2.13. The maximum absolute atomic E-state index is 4.61.